The Kier molecular flexibility index (Phi) is 4.45. The van der Waals surface area contributed by atoms with Gasteiger partial charge in [-0.15, -0.1) is 0 Å². The zero-order valence-corrected chi connectivity index (χ0v) is 23.2. The molecule has 43 heavy (non-hydrogen) atoms. The van der Waals surface area contributed by atoms with Crippen LogP contribution < -0.4 is 0 Å². The van der Waals surface area contributed by atoms with Crippen molar-refractivity contribution >= 4 is 76.3 Å². The number of benzene rings is 7. The summed E-state index contributed by atoms with van der Waals surface area (Å²) < 4.78 is 11.1. The number of hydrogen-bond acceptors (Lipinski definition) is 1. The smallest absolute Gasteiger partial charge is 0.135 e. The van der Waals surface area contributed by atoms with E-state index in [9.17, 15) is 0 Å². The number of furan rings is 1. The van der Waals surface area contributed by atoms with Crippen molar-refractivity contribution in [1.29, 1.82) is 0 Å². The van der Waals surface area contributed by atoms with Crippen LogP contribution in [0.3, 0.4) is 0 Å². The molecule has 0 fully saturated rings. The Hall–Kier alpha value is -5.80. The molecule has 3 heterocycles. The van der Waals surface area contributed by atoms with Crippen LogP contribution in [0.2, 0.25) is 0 Å². The van der Waals surface area contributed by atoms with Crippen molar-refractivity contribution in [2.75, 3.05) is 0 Å². The number of fused-ring (bicyclic) bond motifs is 13. The minimum absolute atomic E-state index is 0.905. The maximum Gasteiger partial charge on any atom is 0.135 e. The predicted molar refractivity (Wildman–Crippen MR) is 180 cm³/mol. The molecule has 0 aliphatic heterocycles. The molecule has 10 rings (SSSR count). The fourth-order valence-corrected chi connectivity index (χ4v) is 7.36. The van der Waals surface area contributed by atoms with Gasteiger partial charge in [0.05, 0.1) is 22.1 Å². The van der Waals surface area contributed by atoms with E-state index in [-0.39, 0.29) is 0 Å². The van der Waals surface area contributed by atoms with Crippen molar-refractivity contribution in [3.8, 4) is 11.4 Å². The number of rotatable bonds is 2. The van der Waals surface area contributed by atoms with Crippen molar-refractivity contribution in [3.05, 3.63) is 146 Å². The molecule has 0 radical (unpaired) electrons. The molecule has 3 nitrogen and oxygen atoms in total. The number of aromatic nitrogens is 2. The monoisotopic (exact) mass is 548 g/mol. The largest absolute Gasteiger partial charge is 0.456 e. The summed E-state index contributed by atoms with van der Waals surface area (Å²) in [5.41, 5.74) is 8.96. The summed E-state index contributed by atoms with van der Waals surface area (Å²) >= 11 is 0. The summed E-state index contributed by atoms with van der Waals surface area (Å²) in [7, 11) is 0. The van der Waals surface area contributed by atoms with Crippen LogP contribution in [0.1, 0.15) is 0 Å². The van der Waals surface area contributed by atoms with Gasteiger partial charge in [-0.05, 0) is 53.9 Å². The van der Waals surface area contributed by atoms with Gasteiger partial charge in [-0.2, -0.15) is 0 Å². The highest BCUT2D eigenvalue weighted by atomic mass is 16.3. The number of nitrogens with zero attached hydrogens (tertiary/aromatic N) is 2. The van der Waals surface area contributed by atoms with E-state index < -0.39 is 0 Å². The lowest BCUT2D eigenvalue weighted by Crippen LogP contribution is -1.96. The van der Waals surface area contributed by atoms with Crippen LogP contribution in [0.4, 0.5) is 0 Å². The van der Waals surface area contributed by atoms with Crippen LogP contribution in [-0.2, 0) is 0 Å². The molecule has 0 aliphatic carbocycles. The zero-order chi connectivity index (χ0) is 28.1. The lowest BCUT2D eigenvalue weighted by Gasteiger charge is -2.13. The third kappa shape index (κ3) is 2.98. The second-order valence-electron chi connectivity index (χ2n) is 11.3. The van der Waals surface area contributed by atoms with E-state index in [1.807, 2.05) is 12.1 Å². The van der Waals surface area contributed by atoms with E-state index in [1.165, 1.54) is 54.4 Å². The van der Waals surface area contributed by atoms with Gasteiger partial charge in [-0.25, -0.2) is 0 Å². The van der Waals surface area contributed by atoms with Crippen molar-refractivity contribution in [3.63, 3.8) is 0 Å². The molecule has 0 amide bonds. The predicted octanol–water partition coefficient (Wildman–Crippen LogP) is 10.9. The normalized spacial score (nSPS) is 12.2. The highest BCUT2D eigenvalue weighted by molar-refractivity contribution is 6.36. The summed E-state index contributed by atoms with van der Waals surface area (Å²) in [6, 6.07) is 52.2. The van der Waals surface area contributed by atoms with Crippen molar-refractivity contribution in [1.82, 2.24) is 9.13 Å². The first-order valence-corrected chi connectivity index (χ1v) is 14.7. The summed E-state index contributed by atoms with van der Waals surface area (Å²) in [4.78, 5) is 0. The molecule has 3 aromatic heterocycles. The van der Waals surface area contributed by atoms with Crippen LogP contribution >= 0.6 is 0 Å². The van der Waals surface area contributed by atoms with Crippen LogP contribution in [0.25, 0.3) is 87.7 Å². The van der Waals surface area contributed by atoms with Gasteiger partial charge in [0.2, 0.25) is 0 Å². The Bertz CT molecular complexity index is 2720. The van der Waals surface area contributed by atoms with Gasteiger partial charge in [0.1, 0.15) is 11.2 Å². The van der Waals surface area contributed by atoms with Gasteiger partial charge in [0, 0.05) is 49.1 Å². The van der Waals surface area contributed by atoms with E-state index in [1.54, 1.807) is 0 Å². The van der Waals surface area contributed by atoms with E-state index in [0.29, 0.717) is 0 Å². The molecule has 0 bridgehead atoms. The minimum Gasteiger partial charge on any atom is -0.456 e. The summed E-state index contributed by atoms with van der Waals surface area (Å²) in [6.07, 6.45) is 0. The molecule has 0 unspecified atom stereocenters. The Labute approximate surface area is 246 Å². The molecule has 200 valence electrons. The standard InChI is InChI=1S/C40H24N2O/c1-2-12-25(13-3-1)41-33-19-9-6-17-30(33)37-28-15-4-5-16-29(28)39-38(40(37)41)31-18-7-10-20-34(31)42(39)26-22-23-36-32(24-26)27-14-8-11-21-35(27)43-36/h1-24H. The first-order valence-electron chi connectivity index (χ1n) is 14.7. The Balaban J connectivity index is 1.48. The van der Waals surface area contributed by atoms with Gasteiger partial charge in [0.25, 0.3) is 0 Å². The highest BCUT2D eigenvalue weighted by Gasteiger charge is 2.24. The molecule has 3 heteroatoms. The van der Waals surface area contributed by atoms with E-state index in [2.05, 4.69) is 143 Å². The van der Waals surface area contributed by atoms with Gasteiger partial charge in [-0.3, -0.25) is 0 Å². The average molecular weight is 549 g/mol. The second-order valence-corrected chi connectivity index (χ2v) is 11.3. The van der Waals surface area contributed by atoms with Crippen LogP contribution in [0, 0.1) is 0 Å². The third-order valence-corrected chi connectivity index (χ3v) is 9.07. The molecule has 0 aliphatic rings. The lowest BCUT2D eigenvalue weighted by atomic mass is 9.99. The van der Waals surface area contributed by atoms with E-state index in [4.69, 9.17) is 4.42 Å². The average Bonchev–Trinajstić information content (AvgIpc) is 3.73. The van der Waals surface area contributed by atoms with Crippen molar-refractivity contribution in [2.45, 2.75) is 0 Å². The topological polar surface area (TPSA) is 23.0 Å². The van der Waals surface area contributed by atoms with Gasteiger partial charge < -0.3 is 13.6 Å². The molecule has 0 spiro atoms. The lowest BCUT2D eigenvalue weighted by molar-refractivity contribution is 0.669. The second kappa shape index (κ2) is 8.37. The molecule has 10 aromatic rings. The molecule has 0 saturated carbocycles. The minimum atomic E-state index is 0.905. The van der Waals surface area contributed by atoms with Gasteiger partial charge >= 0.3 is 0 Å². The maximum absolute atomic E-state index is 6.21. The van der Waals surface area contributed by atoms with Crippen LogP contribution in [0.15, 0.2) is 150 Å². The van der Waals surface area contributed by atoms with Gasteiger partial charge in [-0.1, -0.05) is 97.1 Å². The summed E-state index contributed by atoms with van der Waals surface area (Å²) in [5.74, 6) is 0. The Morgan fingerprint density at radius 1 is 0.349 bits per heavy atom. The molecule has 0 saturated heterocycles. The Morgan fingerprint density at radius 2 is 0.907 bits per heavy atom. The summed E-state index contributed by atoms with van der Waals surface area (Å²) in [6.45, 7) is 0. The first kappa shape index (κ1) is 22.8. The maximum atomic E-state index is 6.21. The zero-order valence-electron chi connectivity index (χ0n) is 23.2. The number of hydrogen-bond donors (Lipinski definition) is 0. The molecular weight excluding hydrogens is 524 g/mol. The SMILES string of the molecule is c1ccc(-n2c3ccccc3c3c4ccccc4c4c(c5ccccc5n4-c4ccc5oc6ccccc6c5c4)c32)cc1. The fourth-order valence-electron chi connectivity index (χ4n) is 7.36. The van der Waals surface area contributed by atoms with Crippen molar-refractivity contribution in [2.24, 2.45) is 0 Å². The quantitative estimate of drug-likeness (QED) is 0.211. The Morgan fingerprint density at radius 3 is 1.67 bits per heavy atom. The van der Waals surface area contributed by atoms with E-state index in [0.717, 1.165) is 33.3 Å². The number of para-hydroxylation sites is 4. The summed E-state index contributed by atoms with van der Waals surface area (Å²) in [5, 5.41) is 9.83. The third-order valence-electron chi connectivity index (χ3n) is 9.07. The highest BCUT2D eigenvalue weighted by Crippen LogP contribution is 2.47. The van der Waals surface area contributed by atoms with E-state index >= 15 is 0 Å². The van der Waals surface area contributed by atoms with Crippen LogP contribution in [-0.4, -0.2) is 9.13 Å². The van der Waals surface area contributed by atoms with Crippen LogP contribution in [0.5, 0.6) is 0 Å². The van der Waals surface area contributed by atoms with Gasteiger partial charge in [0.15, 0.2) is 0 Å². The molecule has 0 atom stereocenters. The molecular formula is C40H24N2O. The molecule has 0 N–H and O–H groups in total. The first-order chi connectivity index (χ1) is 21.4. The fraction of sp³-hybridized carbons (Fsp3) is 0. The molecule has 7 aromatic carbocycles. The van der Waals surface area contributed by atoms with Crippen molar-refractivity contribution < 1.29 is 4.42 Å².